The summed E-state index contributed by atoms with van der Waals surface area (Å²) in [5.74, 6) is 1.21. The highest BCUT2D eigenvalue weighted by atomic mass is 127. The number of rotatable bonds is 4. The summed E-state index contributed by atoms with van der Waals surface area (Å²) in [5.41, 5.74) is 0.874. The van der Waals surface area contributed by atoms with Gasteiger partial charge in [0.1, 0.15) is 0 Å². The van der Waals surface area contributed by atoms with E-state index in [-0.39, 0.29) is 12.4 Å². The fourth-order valence-electron chi connectivity index (χ4n) is 1.48. The Balaban J connectivity index is 0.00000180. The molecule has 0 radical (unpaired) electrons. The van der Waals surface area contributed by atoms with Gasteiger partial charge in [0.2, 0.25) is 0 Å². The van der Waals surface area contributed by atoms with Gasteiger partial charge in [0.15, 0.2) is 5.82 Å². The van der Waals surface area contributed by atoms with Crippen LogP contribution >= 0.6 is 46.6 Å². The maximum atomic E-state index is 5.98. The van der Waals surface area contributed by atoms with E-state index in [1.165, 1.54) is 0 Å². The first-order chi connectivity index (χ1) is 8.60. The van der Waals surface area contributed by atoms with E-state index in [0.29, 0.717) is 22.8 Å². The third-order valence-corrected chi connectivity index (χ3v) is 3.78. The summed E-state index contributed by atoms with van der Waals surface area (Å²) in [4.78, 5) is 4.39. The van der Waals surface area contributed by atoms with Crippen molar-refractivity contribution in [2.45, 2.75) is 19.4 Å². The SMILES string of the molecule is CNC(C)Cc1noc(-c2cc(Cl)ccc2I)n1.Cl. The second-order valence-corrected chi connectivity index (χ2v) is 5.63. The van der Waals surface area contributed by atoms with Crippen LogP contribution in [0, 0.1) is 3.57 Å². The first kappa shape index (κ1) is 16.7. The van der Waals surface area contributed by atoms with E-state index < -0.39 is 0 Å². The molecular weight excluding hydrogens is 400 g/mol. The first-order valence-electron chi connectivity index (χ1n) is 5.55. The van der Waals surface area contributed by atoms with Gasteiger partial charge in [0.25, 0.3) is 5.89 Å². The average molecular weight is 414 g/mol. The molecule has 2 aromatic rings. The highest BCUT2D eigenvalue weighted by molar-refractivity contribution is 14.1. The van der Waals surface area contributed by atoms with E-state index in [0.717, 1.165) is 15.6 Å². The quantitative estimate of drug-likeness (QED) is 0.778. The van der Waals surface area contributed by atoms with Gasteiger partial charge in [0.05, 0.1) is 5.56 Å². The fraction of sp³-hybridized carbons (Fsp3) is 0.333. The summed E-state index contributed by atoms with van der Waals surface area (Å²) in [5, 5.41) is 7.78. The number of hydrogen-bond acceptors (Lipinski definition) is 4. The van der Waals surface area contributed by atoms with Crippen molar-refractivity contribution in [1.29, 1.82) is 0 Å². The molecule has 2 rings (SSSR count). The molecule has 1 aromatic carbocycles. The molecule has 0 bridgehead atoms. The van der Waals surface area contributed by atoms with Crippen molar-refractivity contribution in [3.63, 3.8) is 0 Å². The minimum atomic E-state index is 0. The van der Waals surface area contributed by atoms with Gasteiger partial charge in [0, 0.05) is 21.1 Å². The van der Waals surface area contributed by atoms with Gasteiger partial charge in [-0.1, -0.05) is 16.8 Å². The van der Waals surface area contributed by atoms with Crippen molar-refractivity contribution in [2.24, 2.45) is 0 Å². The predicted octanol–water partition coefficient (Wildman–Crippen LogP) is 3.57. The molecule has 7 heteroatoms. The fourth-order valence-corrected chi connectivity index (χ4v) is 2.22. The van der Waals surface area contributed by atoms with E-state index in [1.807, 2.05) is 25.2 Å². The number of benzene rings is 1. The molecule has 0 fully saturated rings. The minimum Gasteiger partial charge on any atom is -0.334 e. The van der Waals surface area contributed by atoms with E-state index in [4.69, 9.17) is 16.1 Å². The zero-order chi connectivity index (χ0) is 13.1. The van der Waals surface area contributed by atoms with Crippen molar-refractivity contribution in [2.75, 3.05) is 7.05 Å². The molecule has 19 heavy (non-hydrogen) atoms. The molecule has 1 heterocycles. The highest BCUT2D eigenvalue weighted by Gasteiger charge is 2.13. The van der Waals surface area contributed by atoms with Gasteiger partial charge in [-0.25, -0.2) is 0 Å². The van der Waals surface area contributed by atoms with Gasteiger partial charge < -0.3 is 9.84 Å². The lowest BCUT2D eigenvalue weighted by atomic mass is 10.2. The maximum absolute atomic E-state index is 5.98. The Morgan fingerprint density at radius 1 is 1.47 bits per heavy atom. The van der Waals surface area contributed by atoms with Gasteiger partial charge in [-0.2, -0.15) is 4.98 Å². The monoisotopic (exact) mass is 413 g/mol. The van der Waals surface area contributed by atoms with Crippen molar-refractivity contribution < 1.29 is 4.52 Å². The lowest BCUT2D eigenvalue weighted by Gasteiger charge is -2.04. The molecule has 4 nitrogen and oxygen atoms in total. The summed E-state index contributed by atoms with van der Waals surface area (Å²) in [7, 11) is 1.91. The molecule has 0 saturated heterocycles. The van der Waals surface area contributed by atoms with Crippen LogP contribution in [0.3, 0.4) is 0 Å². The van der Waals surface area contributed by atoms with E-state index in [1.54, 1.807) is 0 Å². The maximum Gasteiger partial charge on any atom is 0.259 e. The van der Waals surface area contributed by atoms with Crippen LogP contribution in [0.5, 0.6) is 0 Å². The summed E-state index contributed by atoms with van der Waals surface area (Å²) in [6.07, 6.45) is 0.733. The third kappa shape index (κ3) is 4.30. The van der Waals surface area contributed by atoms with E-state index in [9.17, 15) is 0 Å². The predicted molar refractivity (Wildman–Crippen MR) is 86.9 cm³/mol. The zero-order valence-corrected chi connectivity index (χ0v) is 14.2. The Hall–Kier alpha value is -0.370. The molecule has 0 aliphatic carbocycles. The molecule has 1 N–H and O–H groups in total. The van der Waals surface area contributed by atoms with Crippen LogP contribution in [0.1, 0.15) is 12.7 Å². The molecule has 0 aliphatic heterocycles. The molecular formula is C12H14Cl2IN3O. The summed E-state index contributed by atoms with van der Waals surface area (Å²) < 4.78 is 6.32. The second-order valence-electron chi connectivity index (χ2n) is 4.03. The normalized spacial score (nSPS) is 12.0. The summed E-state index contributed by atoms with van der Waals surface area (Å²) in [6, 6.07) is 5.92. The molecule has 1 atom stereocenters. The first-order valence-corrected chi connectivity index (χ1v) is 7.01. The van der Waals surface area contributed by atoms with Crippen LogP contribution < -0.4 is 5.32 Å². The van der Waals surface area contributed by atoms with E-state index in [2.05, 4.69) is 45.0 Å². The number of nitrogens with one attached hydrogen (secondary N) is 1. The Bertz CT molecular complexity index is 548. The minimum absolute atomic E-state index is 0. The molecule has 0 spiro atoms. The molecule has 1 aromatic heterocycles. The molecule has 1 unspecified atom stereocenters. The van der Waals surface area contributed by atoms with E-state index >= 15 is 0 Å². The van der Waals surface area contributed by atoms with Crippen molar-refractivity contribution in [3.05, 3.63) is 32.6 Å². The summed E-state index contributed by atoms with van der Waals surface area (Å²) in [6.45, 7) is 2.07. The second kappa shape index (κ2) is 7.42. The molecule has 0 amide bonds. The molecule has 104 valence electrons. The number of hydrogen-bond donors (Lipinski definition) is 1. The number of aromatic nitrogens is 2. The van der Waals surface area contributed by atoms with Crippen molar-refractivity contribution in [1.82, 2.24) is 15.5 Å². The smallest absolute Gasteiger partial charge is 0.259 e. The van der Waals surface area contributed by atoms with Crippen molar-refractivity contribution >= 4 is 46.6 Å². The van der Waals surface area contributed by atoms with Crippen LogP contribution in [0.2, 0.25) is 5.02 Å². The Labute approximate surface area is 136 Å². The Morgan fingerprint density at radius 3 is 2.89 bits per heavy atom. The van der Waals surface area contributed by atoms with Gasteiger partial charge in [-0.3, -0.25) is 0 Å². The highest BCUT2D eigenvalue weighted by Crippen LogP contribution is 2.26. The number of nitrogens with zero attached hydrogens (tertiary/aromatic N) is 2. The average Bonchev–Trinajstić information content (AvgIpc) is 2.80. The van der Waals surface area contributed by atoms with Gasteiger partial charge in [-0.05, 0) is 54.8 Å². The third-order valence-electron chi connectivity index (χ3n) is 2.61. The van der Waals surface area contributed by atoms with Crippen LogP contribution in [0.25, 0.3) is 11.5 Å². The Kier molecular flexibility index (Phi) is 6.52. The lowest BCUT2D eigenvalue weighted by Crippen LogP contribution is -2.24. The lowest BCUT2D eigenvalue weighted by molar-refractivity contribution is 0.418. The van der Waals surface area contributed by atoms with Crippen molar-refractivity contribution in [3.8, 4) is 11.5 Å². The van der Waals surface area contributed by atoms with Crippen LogP contribution in [-0.2, 0) is 6.42 Å². The summed E-state index contributed by atoms with van der Waals surface area (Å²) >= 11 is 8.20. The van der Waals surface area contributed by atoms with Crippen LogP contribution in [0.4, 0.5) is 0 Å². The van der Waals surface area contributed by atoms with Crippen LogP contribution in [-0.4, -0.2) is 23.2 Å². The number of likely N-dealkylation sites (N-methyl/N-ethyl adjacent to an activating group) is 1. The van der Waals surface area contributed by atoms with Gasteiger partial charge >= 0.3 is 0 Å². The Morgan fingerprint density at radius 2 is 2.21 bits per heavy atom. The molecule has 0 aliphatic rings. The topological polar surface area (TPSA) is 51.0 Å². The largest absolute Gasteiger partial charge is 0.334 e. The standard InChI is InChI=1S/C12H13ClIN3O.ClH/c1-7(15-2)5-11-16-12(18-17-11)9-6-8(13)3-4-10(9)14;/h3-4,6-7,15H,5H2,1-2H3;1H. The number of halogens is 3. The van der Waals surface area contributed by atoms with Gasteiger partial charge in [-0.15, -0.1) is 12.4 Å². The molecule has 0 saturated carbocycles. The zero-order valence-electron chi connectivity index (χ0n) is 10.5. The van der Waals surface area contributed by atoms with Crippen LogP contribution in [0.15, 0.2) is 22.7 Å².